The second-order valence-electron chi connectivity index (χ2n) is 6.51. The molecular formula is C22H18N4O3. The van der Waals surface area contributed by atoms with Gasteiger partial charge in [-0.05, 0) is 36.8 Å². The Kier molecular flexibility index (Phi) is 5.03. The maximum Gasteiger partial charge on any atom is 0.263 e. The number of anilines is 1. The summed E-state index contributed by atoms with van der Waals surface area (Å²) in [6.07, 6.45) is 1.55. The molecule has 0 atom stereocenters. The lowest BCUT2D eigenvalue weighted by molar-refractivity contribution is -0.116. The number of hydrogen-bond acceptors (Lipinski definition) is 5. The third-order valence-electron chi connectivity index (χ3n) is 4.43. The molecule has 29 heavy (non-hydrogen) atoms. The maximum atomic E-state index is 12.8. The smallest absolute Gasteiger partial charge is 0.263 e. The number of aryl methyl sites for hydroxylation is 1. The highest BCUT2D eigenvalue weighted by Crippen LogP contribution is 2.22. The summed E-state index contributed by atoms with van der Waals surface area (Å²) in [5.74, 6) is 0.224. The van der Waals surface area contributed by atoms with Gasteiger partial charge in [0.2, 0.25) is 11.7 Å². The van der Waals surface area contributed by atoms with Crippen LogP contribution in [0.3, 0.4) is 0 Å². The van der Waals surface area contributed by atoms with E-state index in [9.17, 15) is 9.59 Å². The van der Waals surface area contributed by atoms with E-state index in [1.165, 1.54) is 4.57 Å². The zero-order valence-corrected chi connectivity index (χ0v) is 15.7. The Morgan fingerprint density at radius 1 is 1.00 bits per heavy atom. The summed E-state index contributed by atoms with van der Waals surface area (Å²) in [6.45, 7) is 1.83. The van der Waals surface area contributed by atoms with Gasteiger partial charge < -0.3 is 14.4 Å². The van der Waals surface area contributed by atoms with E-state index in [1.807, 2.05) is 49.4 Å². The highest BCUT2D eigenvalue weighted by molar-refractivity contribution is 5.90. The average molecular weight is 386 g/mol. The van der Waals surface area contributed by atoms with Crippen LogP contribution in [0.5, 0.6) is 0 Å². The van der Waals surface area contributed by atoms with E-state index in [-0.39, 0.29) is 29.5 Å². The molecule has 2 heterocycles. The predicted octanol–water partition coefficient (Wildman–Crippen LogP) is 3.51. The van der Waals surface area contributed by atoms with Crippen molar-refractivity contribution in [1.82, 2.24) is 14.7 Å². The Morgan fingerprint density at radius 3 is 2.52 bits per heavy atom. The lowest BCUT2D eigenvalue weighted by Crippen LogP contribution is -2.28. The number of carbonyl (C=O) groups is 1. The molecule has 0 aliphatic heterocycles. The summed E-state index contributed by atoms with van der Waals surface area (Å²) in [7, 11) is 0. The first-order valence-corrected chi connectivity index (χ1v) is 9.06. The molecule has 0 radical (unpaired) electrons. The van der Waals surface area contributed by atoms with Gasteiger partial charge in [0.05, 0.1) is 0 Å². The molecule has 7 heteroatoms. The van der Waals surface area contributed by atoms with Gasteiger partial charge in [-0.25, -0.2) is 0 Å². The van der Waals surface area contributed by atoms with E-state index < -0.39 is 0 Å². The number of nitrogens with zero attached hydrogens (tertiary/aromatic N) is 3. The number of para-hydroxylation sites is 1. The molecule has 4 aromatic rings. The van der Waals surface area contributed by atoms with Gasteiger partial charge in [-0.15, -0.1) is 0 Å². The van der Waals surface area contributed by atoms with Gasteiger partial charge in [-0.1, -0.05) is 47.6 Å². The normalized spacial score (nSPS) is 10.7. The number of hydrogen-bond donors (Lipinski definition) is 1. The molecule has 0 spiro atoms. The molecule has 0 saturated carbocycles. The SMILES string of the molecule is Cc1ccccc1-c1noc(-c2cccn(CC(=O)Nc3ccccc3)c2=O)n1. The quantitative estimate of drug-likeness (QED) is 0.567. The number of amides is 1. The Balaban J connectivity index is 1.58. The van der Waals surface area contributed by atoms with E-state index in [0.717, 1.165) is 11.1 Å². The third kappa shape index (κ3) is 3.98. The molecule has 0 bridgehead atoms. The van der Waals surface area contributed by atoms with Crippen molar-refractivity contribution in [2.45, 2.75) is 13.5 Å². The molecule has 0 aliphatic carbocycles. The zero-order valence-electron chi connectivity index (χ0n) is 15.7. The number of carbonyl (C=O) groups excluding carboxylic acids is 1. The Morgan fingerprint density at radius 2 is 1.72 bits per heavy atom. The third-order valence-corrected chi connectivity index (χ3v) is 4.43. The summed E-state index contributed by atoms with van der Waals surface area (Å²) in [5, 5.41) is 6.76. The highest BCUT2D eigenvalue weighted by atomic mass is 16.5. The Bertz CT molecular complexity index is 1210. The molecule has 0 aliphatic rings. The first kappa shape index (κ1) is 18.4. The first-order valence-electron chi connectivity index (χ1n) is 9.06. The summed E-state index contributed by atoms with van der Waals surface area (Å²) in [6, 6.07) is 20.0. The molecule has 1 amide bonds. The van der Waals surface area contributed by atoms with Crippen LogP contribution >= 0.6 is 0 Å². The van der Waals surface area contributed by atoms with Crippen molar-refractivity contribution in [3.63, 3.8) is 0 Å². The number of nitrogens with one attached hydrogen (secondary N) is 1. The number of rotatable bonds is 5. The molecule has 0 saturated heterocycles. The molecule has 1 N–H and O–H groups in total. The lowest BCUT2D eigenvalue weighted by Gasteiger charge is -2.08. The van der Waals surface area contributed by atoms with Crippen LogP contribution in [0.4, 0.5) is 5.69 Å². The molecule has 0 fully saturated rings. The van der Waals surface area contributed by atoms with Crippen LogP contribution in [0.25, 0.3) is 22.8 Å². The van der Waals surface area contributed by atoms with Crippen LogP contribution in [-0.4, -0.2) is 20.6 Å². The molecule has 2 aromatic heterocycles. The van der Waals surface area contributed by atoms with Crippen LogP contribution in [0.15, 0.2) is 82.2 Å². The van der Waals surface area contributed by atoms with Crippen LogP contribution in [0.1, 0.15) is 5.56 Å². The number of benzene rings is 2. The van der Waals surface area contributed by atoms with Crippen molar-refractivity contribution in [2.75, 3.05) is 5.32 Å². The van der Waals surface area contributed by atoms with Crippen molar-refractivity contribution < 1.29 is 9.32 Å². The van der Waals surface area contributed by atoms with E-state index in [0.29, 0.717) is 11.5 Å². The Labute approximate surface area is 166 Å². The van der Waals surface area contributed by atoms with Crippen molar-refractivity contribution >= 4 is 11.6 Å². The fraction of sp³-hybridized carbons (Fsp3) is 0.0909. The molecule has 4 rings (SSSR count). The average Bonchev–Trinajstić information content (AvgIpc) is 3.20. The summed E-state index contributed by atoms with van der Waals surface area (Å²) >= 11 is 0. The zero-order chi connectivity index (χ0) is 20.2. The minimum Gasteiger partial charge on any atom is -0.333 e. The minimum absolute atomic E-state index is 0.117. The van der Waals surface area contributed by atoms with Crippen molar-refractivity contribution in [3.05, 3.63) is 88.8 Å². The van der Waals surface area contributed by atoms with Crippen LogP contribution in [0.2, 0.25) is 0 Å². The molecular weight excluding hydrogens is 368 g/mol. The van der Waals surface area contributed by atoms with E-state index in [2.05, 4.69) is 15.5 Å². The van der Waals surface area contributed by atoms with Crippen LogP contribution in [0, 0.1) is 6.92 Å². The van der Waals surface area contributed by atoms with Crippen molar-refractivity contribution in [3.8, 4) is 22.8 Å². The molecule has 2 aromatic carbocycles. The lowest BCUT2D eigenvalue weighted by atomic mass is 10.1. The molecule has 7 nitrogen and oxygen atoms in total. The summed E-state index contributed by atoms with van der Waals surface area (Å²) < 4.78 is 6.63. The largest absolute Gasteiger partial charge is 0.333 e. The monoisotopic (exact) mass is 386 g/mol. The van der Waals surface area contributed by atoms with E-state index >= 15 is 0 Å². The van der Waals surface area contributed by atoms with Gasteiger partial charge >= 0.3 is 0 Å². The highest BCUT2D eigenvalue weighted by Gasteiger charge is 2.16. The number of pyridine rings is 1. The standard InChI is InChI=1S/C22H18N4O3/c1-15-8-5-6-11-17(15)20-24-21(29-25-20)18-12-7-13-26(22(18)28)14-19(27)23-16-9-3-2-4-10-16/h2-13H,14H2,1H3,(H,23,27). The fourth-order valence-corrected chi connectivity index (χ4v) is 2.97. The maximum absolute atomic E-state index is 12.8. The van der Waals surface area contributed by atoms with Crippen molar-refractivity contribution in [2.24, 2.45) is 0 Å². The van der Waals surface area contributed by atoms with Gasteiger partial charge in [0.25, 0.3) is 11.4 Å². The second kappa shape index (κ2) is 7.93. The fourth-order valence-electron chi connectivity index (χ4n) is 2.97. The van der Waals surface area contributed by atoms with E-state index in [1.54, 1.807) is 30.5 Å². The van der Waals surface area contributed by atoms with Gasteiger partial charge in [-0.3, -0.25) is 9.59 Å². The minimum atomic E-state index is -0.379. The van der Waals surface area contributed by atoms with E-state index in [4.69, 9.17) is 4.52 Å². The van der Waals surface area contributed by atoms with Gasteiger partial charge in [0, 0.05) is 17.4 Å². The topological polar surface area (TPSA) is 90.0 Å². The summed E-state index contributed by atoms with van der Waals surface area (Å²) in [5.41, 5.74) is 2.37. The van der Waals surface area contributed by atoms with Crippen LogP contribution < -0.4 is 10.9 Å². The second-order valence-corrected chi connectivity index (χ2v) is 6.51. The van der Waals surface area contributed by atoms with Crippen LogP contribution in [-0.2, 0) is 11.3 Å². The number of aromatic nitrogens is 3. The Hall–Kier alpha value is -4.00. The molecule has 144 valence electrons. The van der Waals surface area contributed by atoms with Gasteiger partial charge in [0.15, 0.2) is 0 Å². The molecule has 0 unspecified atom stereocenters. The van der Waals surface area contributed by atoms with Gasteiger partial charge in [0.1, 0.15) is 12.1 Å². The van der Waals surface area contributed by atoms with Crippen molar-refractivity contribution in [1.29, 1.82) is 0 Å². The predicted molar refractivity (Wildman–Crippen MR) is 109 cm³/mol. The summed E-state index contributed by atoms with van der Waals surface area (Å²) in [4.78, 5) is 29.5. The first-order chi connectivity index (χ1) is 14.1. The van der Waals surface area contributed by atoms with Gasteiger partial charge in [-0.2, -0.15) is 4.98 Å².